The molecule has 2 aliphatic rings. The highest BCUT2D eigenvalue weighted by Crippen LogP contribution is 2.37. The van der Waals surface area contributed by atoms with Crippen LogP contribution in [0.4, 0.5) is 0 Å². The number of hydrogen-bond acceptors (Lipinski definition) is 4. The molecule has 0 bridgehead atoms. The summed E-state index contributed by atoms with van der Waals surface area (Å²) in [5.74, 6) is -1.62. The van der Waals surface area contributed by atoms with Crippen LogP contribution in [0.1, 0.15) is 37.7 Å². The number of aromatic nitrogens is 1. The van der Waals surface area contributed by atoms with Crippen LogP contribution in [0.25, 0.3) is 0 Å². The molecule has 24 heavy (non-hydrogen) atoms. The molecule has 1 amide bonds. The van der Waals surface area contributed by atoms with Gasteiger partial charge in [-0.05, 0) is 31.4 Å². The van der Waals surface area contributed by atoms with Crippen molar-refractivity contribution in [2.45, 2.75) is 38.2 Å². The summed E-state index contributed by atoms with van der Waals surface area (Å²) in [6.07, 6.45) is 3.48. The highest BCUT2D eigenvalue weighted by molar-refractivity contribution is 6.29. The second-order valence-corrected chi connectivity index (χ2v) is 6.50. The lowest BCUT2D eigenvalue weighted by Gasteiger charge is -2.35. The Bertz CT molecular complexity index is 680. The molecule has 0 saturated carbocycles. The fraction of sp³-hybridized carbons (Fsp3) is 0.471. The van der Waals surface area contributed by atoms with Crippen LogP contribution in [-0.2, 0) is 14.3 Å². The summed E-state index contributed by atoms with van der Waals surface area (Å²) < 4.78 is 5.58. The molecule has 1 fully saturated rings. The van der Waals surface area contributed by atoms with Crippen LogP contribution in [0.2, 0.25) is 5.15 Å². The predicted molar refractivity (Wildman–Crippen MR) is 87.6 cm³/mol. The molecule has 128 valence electrons. The molecule has 1 aromatic heterocycles. The molecule has 3 rings (SSSR count). The van der Waals surface area contributed by atoms with Crippen LogP contribution >= 0.6 is 11.6 Å². The Morgan fingerprint density at radius 1 is 1.50 bits per heavy atom. The lowest BCUT2D eigenvalue weighted by Crippen LogP contribution is -2.41. The average Bonchev–Trinajstić information content (AvgIpc) is 3.04. The third kappa shape index (κ3) is 3.30. The molecule has 1 saturated heterocycles. The molecule has 0 aliphatic carbocycles. The first-order chi connectivity index (χ1) is 11.5. The van der Waals surface area contributed by atoms with E-state index < -0.39 is 11.9 Å². The van der Waals surface area contributed by atoms with E-state index in [-0.39, 0.29) is 24.0 Å². The second kappa shape index (κ2) is 6.91. The molecule has 2 aliphatic heterocycles. The molecule has 2 atom stereocenters. The van der Waals surface area contributed by atoms with Crippen molar-refractivity contribution in [3.63, 3.8) is 0 Å². The molecule has 7 heteroatoms. The zero-order chi connectivity index (χ0) is 17.3. The van der Waals surface area contributed by atoms with Gasteiger partial charge in [0.25, 0.3) is 0 Å². The minimum absolute atomic E-state index is 0.0207. The van der Waals surface area contributed by atoms with Crippen molar-refractivity contribution in [3.05, 3.63) is 40.3 Å². The minimum Gasteiger partial charge on any atom is -0.478 e. The summed E-state index contributed by atoms with van der Waals surface area (Å²) in [5, 5.41) is 10.0. The molecule has 0 aromatic carbocycles. The number of pyridine rings is 1. The number of carboxylic acids is 1. The van der Waals surface area contributed by atoms with E-state index in [1.165, 1.54) is 6.20 Å². The summed E-state index contributed by atoms with van der Waals surface area (Å²) in [5.41, 5.74) is 1.40. The van der Waals surface area contributed by atoms with Crippen LogP contribution in [0.15, 0.2) is 29.6 Å². The van der Waals surface area contributed by atoms with Gasteiger partial charge in [-0.2, -0.15) is 0 Å². The Labute approximate surface area is 145 Å². The Hall–Kier alpha value is -1.92. The summed E-state index contributed by atoms with van der Waals surface area (Å²) in [4.78, 5) is 30.0. The number of amides is 1. The number of halogens is 1. The van der Waals surface area contributed by atoms with E-state index in [2.05, 4.69) is 4.98 Å². The zero-order valence-electron chi connectivity index (χ0n) is 13.4. The van der Waals surface area contributed by atoms with E-state index in [1.54, 1.807) is 24.0 Å². The van der Waals surface area contributed by atoms with Gasteiger partial charge in [0.2, 0.25) is 5.91 Å². The van der Waals surface area contributed by atoms with Crippen LogP contribution < -0.4 is 0 Å². The topological polar surface area (TPSA) is 79.7 Å². The van der Waals surface area contributed by atoms with Crippen molar-refractivity contribution < 1.29 is 19.4 Å². The van der Waals surface area contributed by atoms with E-state index in [4.69, 9.17) is 16.3 Å². The van der Waals surface area contributed by atoms with Gasteiger partial charge in [-0.15, -0.1) is 0 Å². The maximum absolute atomic E-state index is 12.6. The van der Waals surface area contributed by atoms with Crippen molar-refractivity contribution in [1.82, 2.24) is 9.88 Å². The standard InChI is InChI=1S/C17H19ClN2O4/c1-10-16(17(22)23)13(11-4-5-14(18)19-8-11)7-15(21)20(10)9-12-3-2-6-24-12/h4-5,8,12-13H,2-3,6-7,9H2,1H3,(H,22,23)/t12-,13?/m1/s1. The number of nitrogens with zero attached hydrogens (tertiary/aromatic N) is 2. The third-order valence-electron chi connectivity index (χ3n) is 4.62. The number of carbonyl (C=O) groups is 2. The van der Waals surface area contributed by atoms with Crippen molar-refractivity contribution in [1.29, 1.82) is 0 Å². The molecule has 0 spiro atoms. The number of carboxylic acid groups (broad SMARTS) is 1. The van der Waals surface area contributed by atoms with Crippen LogP contribution in [-0.4, -0.2) is 46.1 Å². The number of rotatable bonds is 4. The van der Waals surface area contributed by atoms with Gasteiger partial charge in [-0.1, -0.05) is 17.7 Å². The van der Waals surface area contributed by atoms with Gasteiger partial charge in [0, 0.05) is 30.8 Å². The van der Waals surface area contributed by atoms with E-state index in [9.17, 15) is 14.7 Å². The number of hydrogen-bond donors (Lipinski definition) is 1. The van der Waals surface area contributed by atoms with E-state index in [1.807, 2.05) is 0 Å². The Kier molecular flexibility index (Phi) is 4.87. The van der Waals surface area contributed by atoms with Crippen LogP contribution in [0.5, 0.6) is 0 Å². The van der Waals surface area contributed by atoms with Gasteiger partial charge in [-0.25, -0.2) is 9.78 Å². The number of carbonyl (C=O) groups excluding carboxylic acids is 1. The van der Waals surface area contributed by atoms with Gasteiger partial charge < -0.3 is 14.7 Å². The first-order valence-electron chi connectivity index (χ1n) is 7.95. The first-order valence-corrected chi connectivity index (χ1v) is 8.32. The number of aliphatic carboxylic acids is 1. The van der Waals surface area contributed by atoms with Gasteiger partial charge in [0.05, 0.1) is 18.2 Å². The first kappa shape index (κ1) is 16.9. The molecule has 1 aromatic rings. The molecular weight excluding hydrogens is 332 g/mol. The summed E-state index contributed by atoms with van der Waals surface area (Å²) in [7, 11) is 0. The van der Waals surface area contributed by atoms with Crippen LogP contribution in [0.3, 0.4) is 0 Å². The van der Waals surface area contributed by atoms with Gasteiger partial charge in [-0.3, -0.25) is 4.79 Å². The Morgan fingerprint density at radius 3 is 2.88 bits per heavy atom. The molecule has 1 N–H and O–H groups in total. The summed E-state index contributed by atoms with van der Waals surface area (Å²) in [6.45, 7) is 2.79. The lowest BCUT2D eigenvalue weighted by atomic mass is 9.84. The molecule has 3 heterocycles. The second-order valence-electron chi connectivity index (χ2n) is 6.11. The van der Waals surface area contributed by atoms with Gasteiger partial charge >= 0.3 is 5.97 Å². The average molecular weight is 351 g/mol. The Morgan fingerprint density at radius 2 is 2.29 bits per heavy atom. The summed E-state index contributed by atoms with van der Waals surface area (Å²) >= 11 is 5.80. The van der Waals surface area contributed by atoms with Gasteiger partial charge in [0.15, 0.2) is 0 Å². The normalized spacial score (nSPS) is 24.6. The summed E-state index contributed by atoms with van der Waals surface area (Å²) in [6, 6.07) is 3.33. The smallest absolute Gasteiger partial charge is 0.333 e. The van der Waals surface area contributed by atoms with Crippen molar-refractivity contribution >= 4 is 23.5 Å². The van der Waals surface area contributed by atoms with E-state index in [0.717, 1.165) is 12.8 Å². The highest BCUT2D eigenvalue weighted by Gasteiger charge is 2.37. The van der Waals surface area contributed by atoms with E-state index >= 15 is 0 Å². The van der Waals surface area contributed by atoms with Crippen molar-refractivity contribution in [3.8, 4) is 0 Å². The fourth-order valence-electron chi connectivity index (χ4n) is 3.38. The quantitative estimate of drug-likeness (QED) is 0.844. The molecule has 0 radical (unpaired) electrons. The number of allylic oxidation sites excluding steroid dienone is 1. The maximum atomic E-state index is 12.6. The van der Waals surface area contributed by atoms with Crippen molar-refractivity contribution in [2.75, 3.05) is 13.2 Å². The largest absolute Gasteiger partial charge is 0.478 e. The van der Waals surface area contributed by atoms with E-state index in [0.29, 0.717) is 29.6 Å². The molecule has 1 unspecified atom stereocenters. The predicted octanol–water partition coefficient (Wildman–Crippen LogP) is 2.59. The maximum Gasteiger partial charge on any atom is 0.333 e. The Balaban J connectivity index is 1.94. The van der Waals surface area contributed by atoms with Crippen molar-refractivity contribution in [2.24, 2.45) is 0 Å². The third-order valence-corrected chi connectivity index (χ3v) is 4.84. The SMILES string of the molecule is CC1=C(C(=O)O)C(c2ccc(Cl)nc2)CC(=O)N1C[C@H]1CCCO1. The molecule has 6 nitrogen and oxygen atoms in total. The fourth-order valence-corrected chi connectivity index (χ4v) is 3.50. The van der Waals surface area contributed by atoms with Gasteiger partial charge in [0.1, 0.15) is 5.15 Å². The monoisotopic (exact) mass is 350 g/mol. The lowest BCUT2D eigenvalue weighted by molar-refractivity contribution is -0.135. The number of ether oxygens (including phenoxy) is 1. The minimum atomic E-state index is -1.02. The molecular formula is C17H19ClN2O4. The van der Waals surface area contributed by atoms with Crippen LogP contribution in [0, 0.1) is 0 Å². The zero-order valence-corrected chi connectivity index (χ0v) is 14.1. The highest BCUT2D eigenvalue weighted by atomic mass is 35.5.